The van der Waals surface area contributed by atoms with Gasteiger partial charge in [-0.2, -0.15) is 13.2 Å². The molecule has 157 valence electrons. The van der Waals surface area contributed by atoms with Crippen LogP contribution in [0.5, 0.6) is 0 Å². The number of hydrogen-bond donors (Lipinski definition) is 0. The zero-order valence-corrected chi connectivity index (χ0v) is 17.1. The van der Waals surface area contributed by atoms with Crippen molar-refractivity contribution < 1.29 is 42.1 Å². The average molecular weight is 596 g/mol. The molecule has 0 bridgehead atoms. The third-order valence-electron chi connectivity index (χ3n) is 3.43. The van der Waals surface area contributed by atoms with Gasteiger partial charge in [0.15, 0.2) is 0 Å². The summed E-state index contributed by atoms with van der Waals surface area (Å²) >= 11 is 0. The number of nitrogens with zero attached hydrogens (tertiary/aromatic N) is 5. The summed E-state index contributed by atoms with van der Waals surface area (Å²) in [6, 6.07) is 10.4. The second-order valence-corrected chi connectivity index (χ2v) is 5.46. The molecule has 0 N–H and O–H groups in total. The Morgan fingerprint density at radius 2 is 1.70 bits per heavy atom. The predicted octanol–water partition coefficient (Wildman–Crippen LogP) is 4.34. The number of benzene rings is 1. The van der Waals surface area contributed by atoms with Crippen LogP contribution in [0.3, 0.4) is 0 Å². The van der Waals surface area contributed by atoms with Gasteiger partial charge in [0, 0.05) is 50.3 Å². The van der Waals surface area contributed by atoms with Gasteiger partial charge in [-0.05, 0) is 17.8 Å². The van der Waals surface area contributed by atoms with Gasteiger partial charge in [0.25, 0.3) is 0 Å². The summed E-state index contributed by atoms with van der Waals surface area (Å²) in [4.78, 5) is 11.5. The van der Waals surface area contributed by atoms with Crippen molar-refractivity contribution in [3.8, 4) is 22.6 Å². The van der Waals surface area contributed by atoms with E-state index in [0.29, 0.717) is 5.69 Å². The molecule has 0 spiro atoms. The molecule has 11 heteroatoms. The maximum atomic E-state index is 13.2. The van der Waals surface area contributed by atoms with Crippen LogP contribution in [0.15, 0.2) is 61.2 Å². The zero-order chi connectivity index (χ0) is 20.9. The van der Waals surface area contributed by atoms with Crippen molar-refractivity contribution >= 4 is 0 Å². The zero-order valence-electron chi connectivity index (χ0n) is 14.7. The molecule has 1 aromatic carbocycles. The number of aromatic nitrogens is 5. The minimum Gasteiger partial charge on any atom is -0.573 e. The molecule has 0 fully saturated rings. The van der Waals surface area contributed by atoms with Crippen LogP contribution in [0.25, 0.3) is 22.6 Å². The van der Waals surface area contributed by atoms with Crippen LogP contribution < -0.4 is 5.10 Å². The number of halogens is 5. The summed E-state index contributed by atoms with van der Waals surface area (Å²) in [5, 5.41) is 6.40. The van der Waals surface area contributed by atoms with Crippen LogP contribution in [-0.2, 0) is 26.3 Å². The molecular formula is C19H10F5IrN5-2. The van der Waals surface area contributed by atoms with E-state index in [-0.39, 0.29) is 37.1 Å². The molecule has 5 nitrogen and oxygen atoms in total. The Morgan fingerprint density at radius 1 is 0.933 bits per heavy atom. The molecule has 1 radical (unpaired) electrons. The molecule has 0 saturated carbocycles. The van der Waals surface area contributed by atoms with Crippen LogP contribution in [0.1, 0.15) is 5.69 Å². The van der Waals surface area contributed by atoms with Crippen molar-refractivity contribution in [1.29, 1.82) is 0 Å². The number of rotatable bonds is 2. The number of hydrogen-bond acceptors (Lipinski definition) is 4. The van der Waals surface area contributed by atoms with E-state index in [1.165, 1.54) is 18.6 Å². The van der Waals surface area contributed by atoms with E-state index in [1.807, 2.05) is 0 Å². The fourth-order valence-corrected chi connectivity index (χ4v) is 2.14. The van der Waals surface area contributed by atoms with Gasteiger partial charge in [-0.3, -0.25) is 18.7 Å². The van der Waals surface area contributed by atoms with E-state index in [0.717, 1.165) is 18.2 Å². The first kappa shape index (κ1) is 23.2. The van der Waals surface area contributed by atoms with Crippen molar-refractivity contribution in [1.82, 2.24) is 25.1 Å². The number of alkyl halides is 3. The minimum atomic E-state index is -4.48. The Kier molecular flexibility index (Phi) is 7.85. The summed E-state index contributed by atoms with van der Waals surface area (Å²) in [5.74, 6) is -1.29. The van der Waals surface area contributed by atoms with Crippen molar-refractivity contribution in [2.24, 2.45) is 0 Å². The smallest absolute Gasteiger partial charge is 0.431 e. The van der Waals surface area contributed by atoms with E-state index in [4.69, 9.17) is 0 Å². The molecule has 0 saturated heterocycles. The van der Waals surface area contributed by atoms with Crippen molar-refractivity contribution in [3.05, 3.63) is 84.6 Å². The molecule has 30 heavy (non-hydrogen) atoms. The summed E-state index contributed by atoms with van der Waals surface area (Å²) < 4.78 is 62.3. The van der Waals surface area contributed by atoms with Gasteiger partial charge in [-0.1, -0.05) is 29.5 Å². The van der Waals surface area contributed by atoms with Gasteiger partial charge in [0.2, 0.25) is 0 Å². The van der Waals surface area contributed by atoms with Crippen molar-refractivity contribution in [3.63, 3.8) is 0 Å². The van der Waals surface area contributed by atoms with Crippen molar-refractivity contribution in [2.75, 3.05) is 0 Å². The summed E-state index contributed by atoms with van der Waals surface area (Å²) in [7, 11) is 0. The van der Waals surface area contributed by atoms with E-state index < -0.39 is 23.5 Å². The first-order valence-electron chi connectivity index (χ1n) is 7.96. The van der Waals surface area contributed by atoms with E-state index in [1.54, 1.807) is 24.4 Å². The quantitative estimate of drug-likeness (QED) is 0.255. The summed E-state index contributed by atoms with van der Waals surface area (Å²) in [5.41, 5.74) is -0.0592. The first-order valence-corrected chi connectivity index (χ1v) is 7.96. The van der Waals surface area contributed by atoms with Crippen LogP contribution >= 0.6 is 0 Å². The molecule has 0 aliphatic rings. The fourth-order valence-electron chi connectivity index (χ4n) is 2.14. The van der Waals surface area contributed by atoms with Crippen LogP contribution in [0.4, 0.5) is 22.0 Å². The van der Waals surface area contributed by atoms with Crippen LogP contribution in [-0.4, -0.2) is 20.1 Å². The molecule has 0 atom stereocenters. The van der Waals surface area contributed by atoms with Gasteiger partial charge in [0.1, 0.15) is 5.69 Å². The largest absolute Gasteiger partial charge is 0.573 e. The molecule has 0 unspecified atom stereocenters. The van der Waals surface area contributed by atoms with Gasteiger partial charge in [0.05, 0.1) is 11.9 Å². The van der Waals surface area contributed by atoms with Crippen LogP contribution in [0, 0.1) is 17.7 Å². The number of pyridine rings is 1. The second-order valence-electron chi connectivity index (χ2n) is 5.46. The van der Waals surface area contributed by atoms with Gasteiger partial charge < -0.3 is 15.2 Å². The molecule has 0 amide bonds. The maximum absolute atomic E-state index is 13.2. The maximum Gasteiger partial charge on any atom is 0.431 e. The Morgan fingerprint density at radius 3 is 2.27 bits per heavy atom. The van der Waals surface area contributed by atoms with Gasteiger partial charge >= 0.3 is 6.18 Å². The van der Waals surface area contributed by atoms with E-state index in [9.17, 15) is 22.0 Å². The van der Waals surface area contributed by atoms with E-state index in [2.05, 4.69) is 31.2 Å². The molecule has 4 rings (SSSR count). The molecule has 0 aliphatic carbocycles. The Bertz CT molecular complexity index is 1070. The standard InChI is InChI=1S/C11H6F2N.C8H4F3N4.Ir/c12-8-4-5-9(10(13)7-8)11-3-1-2-6-14-11;9-8(10,11)7-3-5(14-15-7)6-4-12-1-2-13-6;/h1-4,6-7H;1-4H;/q2*-1;. The molecule has 3 aromatic heterocycles. The molecular weight excluding hydrogens is 585 g/mol. The summed E-state index contributed by atoms with van der Waals surface area (Å²) in [6.07, 6.45) is 1.19. The fraction of sp³-hybridized carbons (Fsp3) is 0.0526. The van der Waals surface area contributed by atoms with Gasteiger partial charge in [-0.25, -0.2) is 0 Å². The van der Waals surface area contributed by atoms with Crippen molar-refractivity contribution in [2.45, 2.75) is 6.18 Å². The van der Waals surface area contributed by atoms with Gasteiger partial charge in [-0.15, -0.1) is 12.1 Å². The minimum absolute atomic E-state index is 0. The Labute approximate surface area is 180 Å². The third kappa shape index (κ3) is 5.98. The van der Waals surface area contributed by atoms with Crippen LogP contribution in [0.2, 0.25) is 0 Å². The molecule has 3 heterocycles. The SMILES string of the molecule is FC(F)(F)c1cc(-c2cnccn2)[n-]n1.Fc1c[c-]c(-c2ccccn2)c(F)c1.[Ir]. The van der Waals surface area contributed by atoms with E-state index >= 15 is 0 Å². The monoisotopic (exact) mass is 596 g/mol. The normalized spacial score (nSPS) is 10.6. The summed E-state index contributed by atoms with van der Waals surface area (Å²) in [6.45, 7) is 0. The average Bonchev–Trinajstić information content (AvgIpc) is 3.21. The topological polar surface area (TPSA) is 65.7 Å². The second kappa shape index (κ2) is 10.1. The molecule has 0 aliphatic heterocycles. The first-order chi connectivity index (χ1) is 13.8. The Balaban J connectivity index is 0.000000207. The molecule has 4 aromatic rings. The Hall–Kier alpha value is -3.04. The third-order valence-corrected chi connectivity index (χ3v) is 3.43. The predicted molar refractivity (Wildman–Crippen MR) is 92.0 cm³/mol.